The van der Waals surface area contributed by atoms with Crippen LogP contribution in [0.25, 0.3) is 0 Å². The molecule has 0 bridgehead atoms. The van der Waals surface area contributed by atoms with Crippen LogP contribution in [0.2, 0.25) is 0 Å². The number of thiophene rings is 1. The first-order chi connectivity index (χ1) is 17.7. The summed E-state index contributed by atoms with van der Waals surface area (Å²) in [5, 5.41) is 10.5. The molecular weight excluding hydrogens is 538 g/mol. The molecule has 4 rings (SSSR count). The van der Waals surface area contributed by atoms with Crippen molar-refractivity contribution in [3.8, 4) is 11.5 Å². The largest absolute Gasteiger partial charge is 0.490 e. The maximum absolute atomic E-state index is 13.4. The molecule has 4 aromatic rings. The van der Waals surface area contributed by atoms with Crippen LogP contribution < -0.4 is 13.2 Å². The first-order valence-electron chi connectivity index (χ1n) is 10.8. The summed E-state index contributed by atoms with van der Waals surface area (Å²) in [6.07, 6.45) is 0. The van der Waals surface area contributed by atoms with Crippen molar-refractivity contribution in [2.24, 2.45) is 0 Å². The zero-order valence-corrected chi connectivity index (χ0v) is 21.6. The smallest absolute Gasteiger partial charge is 0.335 e. The minimum absolute atomic E-state index is 0.0700. The number of carboxylic acid groups (broad SMARTS) is 1. The summed E-state index contributed by atoms with van der Waals surface area (Å²) in [6.45, 7) is 0.301. The highest BCUT2D eigenvalue weighted by Crippen LogP contribution is 2.33. The molecule has 1 heterocycles. The van der Waals surface area contributed by atoms with Gasteiger partial charge in [-0.2, -0.15) is 12.1 Å². The second-order valence-electron chi connectivity index (χ2n) is 7.47. The third-order valence-electron chi connectivity index (χ3n) is 5.00. The van der Waals surface area contributed by atoms with E-state index >= 15 is 0 Å². The van der Waals surface area contributed by atoms with Gasteiger partial charge in [-0.1, -0.05) is 24.3 Å². The highest BCUT2D eigenvalue weighted by Gasteiger charge is 2.37. The molecule has 0 unspecified atom stereocenters. The molecule has 0 radical (unpaired) electrons. The Morgan fingerprint density at radius 2 is 1.30 bits per heavy atom. The van der Waals surface area contributed by atoms with Crippen LogP contribution in [0.3, 0.4) is 0 Å². The highest BCUT2D eigenvalue weighted by atomic mass is 32.3. The van der Waals surface area contributed by atoms with Crippen molar-refractivity contribution in [2.45, 2.75) is 9.10 Å². The van der Waals surface area contributed by atoms with Gasteiger partial charge in [-0.3, -0.25) is 0 Å². The average molecular weight is 560 g/mol. The molecule has 0 saturated carbocycles. The van der Waals surface area contributed by atoms with E-state index in [1.165, 1.54) is 84.9 Å². The van der Waals surface area contributed by atoms with E-state index in [1.54, 1.807) is 11.4 Å². The lowest BCUT2D eigenvalue weighted by molar-refractivity contribution is 0.0696. The number of ether oxygens (including phenoxy) is 2. The monoisotopic (exact) mass is 559 g/mol. The summed E-state index contributed by atoms with van der Waals surface area (Å²) >= 11 is 0.919. The number of hydrogen-bond acceptors (Lipinski definition) is 8. The van der Waals surface area contributed by atoms with E-state index in [9.17, 15) is 21.6 Å². The zero-order valence-electron chi connectivity index (χ0n) is 19.1. The molecule has 0 fully saturated rings. The Bertz CT molecular complexity index is 1550. The molecule has 0 aliphatic rings. The molecule has 192 valence electrons. The van der Waals surface area contributed by atoms with Gasteiger partial charge in [0, 0.05) is 0 Å². The van der Waals surface area contributed by atoms with Gasteiger partial charge >= 0.3 is 5.97 Å². The van der Waals surface area contributed by atoms with Crippen LogP contribution in [-0.2, 0) is 20.0 Å². The number of benzene rings is 3. The van der Waals surface area contributed by atoms with Crippen LogP contribution in [0.15, 0.2) is 105 Å². The minimum Gasteiger partial charge on any atom is -0.490 e. The van der Waals surface area contributed by atoms with Gasteiger partial charge in [0.2, 0.25) is 0 Å². The zero-order chi connectivity index (χ0) is 26.5. The molecule has 3 aromatic carbocycles. The van der Waals surface area contributed by atoms with Crippen molar-refractivity contribution < 1.29 is 36.2 Å². The molecule has 12 heteroatoms. The number of nitrogens with zero attached hydrogens (tertiary/aromatic N) is 1. The number of aromatic carboxylic acids is 1. The molecule has 0 amide bonds. The molecule has 0 aliphatic carbocycles. The van der Waals surface area contributed by atoms with Gasteiger partial charge in [-0.15, -0.1) is 11.3 Å². The topological polar surface area (TPSA) is 127 Å². The number of sulfonamides is 2. The number of carboxylic acids is 1. The molecular formula is C25H21NO8S3. The van der Waals surface area contributed by atoms with E-state index in [2.05, 4.69) is 0 Å². The van der Waals surface area contributed by atoms with Crippen LogP contribution in [0.1, 0.15) is 10.4 Å². The van der Waals surface area contributed by atoms with Crippen molar-refractivity contribution in [2.75, 3.05) is 16.9 Å². The molecule has 1 aromatic heterocycles. The lowest BCUT2D eigenvalue weighted by Gasteiger charge is -2.23. The second kappa shape index (κ2) is 11.0. The average Bonchev–Trinajstić information content (AvgIpc) is 3.44. The van der Waals surface area contributed by atoms with E-state index < -0.39 is 26.0 Å². The number of rotatable bonds is 11. The van der Waals surface area contributed by atoms with Gasteiger partial charge in [0.05, 0.1) is 16.1 Å². The van der Waals surface area contributed by atoms with E-state index in [1.807, 2.05) is 0 Å². The summed E-state index contributed by atoms with van der Waals surface area (Å²) < 4.78 is 65.1. The van der Waals surface area contributed by atoms with Gasteiger partial charge in [0.15, 0.2) is 0 Å². The van der Waals surface area contributed by atoms with Gasteiger partial charge in [0.1, 0.15) is 28.9 Å². The third-order valence-corrected chi connectivity index (χ3v) is 10.6. The summed E-state index contributed by atoms with van der Waals surface area (Å²) in [6, 6.07) is 21.8. The summed E-state index contributed by atoms with van der Waals surface area (Å²) in [7, 11) is -8.88. The van der Waals surface area contributed by atoms with E-state index in [4.69, 9.17) is 14.6 Å². The maximum atomic E-state index is 13.4. The first kappa shape index (κ1) is 26.2. The highest BCUT2D eigenvalue weighted by molar-refractivity contribution is 8.11. The Hall–Kier alpha value is -3.87. The Morgan fingerprint density at radius 1 is 0.730 bits per heavy atom. The molecule has 9 nitrogen and oxygen atoms in total. The van der Waals surface area contributed by atoms with Crippen molar-refractivity contribution >= 4 is 43.0 Å². The fourth-order valence-electron chi connectivity index (χ4n) is 3.26. The lowest BCUT2D eigenvalue weighted by atomic mass is 10.2. The van der Waals surface area contributed by atoms with Crippen LogP contribution in [0.4, 0.5) is 5.69 Å². The lowest BCUT2D eigenvalue weighted by Crippen LogP contribution is -2.36. The second-order valence-corrected chi connectivity index (χ2v) is 12.5. The standard InChI is InChI=1S/C25H21NO8S3/c27-25(28)19-8-12-21(13-9-19)33-16-17-34-22-14-10-20(11-15-22)26(37(31,32)24-7-4-18-35-24)36(29,30)23-5-2-1-3-6-23/h1-15,18H,16-17H2,(H,27,28). The van der Waals surface area contributed by atoms with Crippen LogP contribution in [0.5, 0.6) is 11.5 Å². The fraction of sp³-hybridized carbons (Fsp3) is 0.0800. The van der Waals surface area contributed by atoms with Gasteiger partial charge in [-0.05, 0) is 72.1 Å². The Balaban J connectivity index is 1.50. The van der Waals surface area contributed by atoms with Crippen molar-refractivity contribution in [3.63, 3.8) is 0 Å². The molecule has 0 spiro atoms. The predicted molar refractivity (Wildman–Crippen MR) is 138 cm³/mol. The first-order valence-corrected chi connectivity index (χ1v) is 14.5. The summed E-state index contributed by atoms with van der Waals surface area (Å²) in [4.78, 5) is 10.7. The maximum Gasteiger partial charge on any atom is 0.335 e. The van der Waals surface area contributed by atoms with Gasteiger partial charge in [0.25, 0.3) is 20.0 Å². The summed E-state index contributed by atoms with van der Waals surface area (Å²) in [5.74, 6) is -0.180. The third kappa shape index (κ3) is 5.93. The normalized spacial score (nSPS) is 11.6. The SMILES string of the molecule is O=C(O)c1ccc(OCCOc2ccc(N(S(=O)(=O)c3ccccc3)S(=O)(=O)c3cccs3)cc2)cc1. The van der Waals surface area contributed by atoms with Crippen molar-refractivity contribution in [1.29, 1.82) is 0 Å². The van der Waals surface area contributed by atoms with Crippen LogP contribution in [-0.4, -0.2) is 41.1 Å². The van der Waals surface area contributed by atoms with E-state index in [0.717, 1.165) is 11.3 Å². The van der Waals surface area contributed by atoms with E-state index in [-0.39, 0.29) is 33.6 Å². The minimum atomic E-state index is -4.46. The Morgan fingerprint density at radius 3 is 1.81 bits per heavy atom. The molecule has 37 heavy (non-hydrogen) atoms. The fourth-order valence-corrected chi connectivity index (χ4v) is 8.17. The molecule has 0 atom stereocenters. The Labute approximate surface area is 218 Å². The number of anilines is 1. The molecule has 0 aliphatic heterocycles. The van der Waals surface area contributed by atoms with E-state index in [0.29, 0.717) is 15.2 Å². The van der Waals surface area contributed by atoms with Crippen molar-refractivity contribution in [1.82, 2.24) is 0 Å². The predicted octanol–water partition coefficient (Wildman–Crippen LogP) is 4.49. The quantitative estimate of drug-likeness (QED) is 0.266. The van der Waals surface area contributed by atoms with Gasteiger partial charge in [-0.25, -0.2) is 13.2 Å². The van der Waals surface area contributed by atoms with Crippen molar-refractivity contribution in [3.05, 3.63) is 102 Å². The number of carbonyl (C=O) groups is 1. The van der Waals surface area contributed by atoms with Crippen LogP contribution >= 0.6 is 11.3 Å². The van der Waals surface area contributed by atoms with Gasteiger partial charge < -0.3 is 14.6 Å². The molecule has 1 N–H and O–H groups in total. The number of hydrogen-bond donors (Lipinski definition) is 1. The molecule has 0 saturated heterocycles. The summed E-state index contributed by atoms with van der Waals surface area (Å²) in [5.41, 5.74) is 0.0764. The van der Waals surface area contributed by atoms with Crippen LogP contribution in [0, 0.1) is 0 Å². The Kier molecular flexibility index (Phi) is 7.81.